The molecule has 1 aromatic carbocycles. The van der Waals surface area contributed by atoms with Crippen LogP contribution in [0, 0.1) is 0 Å². The van der Waals surface area contributed by atoms with Crippen LogP contribution in [-0.2, 0) is 9.47 Å². The van der Waals surface area contributed by atoms with E-state index in [9.17, 15) is 0 Å². The minimum Gasteiger partial charge on any atom is -0.376 e. The molecule has 1 aromatic rings. The van der Waals surface area contributed by atoms with Crippen molar-refractivity contribution in [2.24, 2.45) is 5.73 Å². The van der Waals surface area contributed by atoms with Crippen molar-refractivity contribution >= 4 is 0 Å². The summed E-state index contributed by atoms with van der Waals surface area (Å²) in [6.07, 6.45) is 3.74. The largest absolute Gasteiger partial charge is 0.376 e. The molecule has 1 saturated carbocycles. The molecule has 1 heterocycles. The predicted molar refractivity (Wildman–Crippen MR) is 70.5 cm³/mol. The molecule has 3 nitrogen and oxygen atoms in total. The Balaban J connectivity index is 1.64. The number of ether oxygens (including phenoxy) is 2. The highest BCUT2D eigenvalue weighted by atomic mass is 16.6. The Hall–Kier alpha value is -0.900. The Morgan fingerprint density at radius 3 is 2.56 bits per heavy atom. The SMILES string of the molecule is NC1CCC(c2ccccc2)CC1OC1COC1. The monoisotopic (exact) mass is 247 g/mol. The van der Waals surface area contributed by atoms with Crippen LogP contribution in [0.1, 0.15) is 30.7 Å². The second-order valence-corrected chi connectivity index (χ2v) is 5.42. The first kappa shape index (κ1) is 12.2. The van der Waals surface area contributed by atoms with Crippen LogP contribution < -0.4 is 5.73 Å². The van der Waals surface area contributed by atoms with E-state index in [0.717, 1.165) is 26.1 Å². The highest BCUT2D eigenvalue weighted by Crippen LogP contribution is 2.34. The minimum atomic E-state index is 0.186. The lowest BCUT2D eigenvalue weighted by atomic mass is 9.80. The molecule has 1 aliphatic carbocycles. The van der Waals surface area contributed by atoms with Crippen LogP contribution in [0.15, 0.2) is 30.3 Å². The number of hydrogen-bond donors (Lipinski definition) is 1. The van der Waals surface area contributed by atoms with Crippen LogP contribution in [-0.4, -0.2) is 31.5 Å². The van der Waals surface area contributed by atoms with Gasteiger partial charge in [0.1, 0.15) is 6.10 Å². The van der Waals surface area contributed by atoms with Gasteiger partial charge in [0.15, 0.2) is 0 Å². The summed E-state index contributed by atoms with van der Waals surface area (Å²) in [4.78, 5) is 0. The molecule has 2 aliphatic rings. The fourth-order valence-corrected chi connectivity index (χ4v) is 2.88. The standard InChI is InChI=1S/C15H21NO2/c16-14-7-6-12(11-4-2-1-3-5-11)8-15(14)18-13-9-17-10-13/h1-5,12-15H,6-10,16H2. The molecule has 0 amide bonds. The quantitative estimate of drug-likeness (QED) is 0.889. The van der Waals surface area contributed by atoms with Crippen molar-refractivity contribution in [3.63, 3.8) is 0 Å². The summed E-state index contributed by atoms with van der Waals surface area (Å²) in [5.74, 6) is 0.594. The minimum absolute atomic E-state index is 0.186. The van der Waals surface area contributed by atoms with Crippen molar-refractivity contribution in [2.45, 2.75) is 43.4 Å². The van der Waals surface area contributed by atoms with Gasteiger partial charge in [-0.3, -0.25) is 0 Å². The zero-order valence-electron chi connectivity index (χ0n) is 10.6. The first-order valence-electron chi connectivity index (χ1n) is 6.86. The average Bonchev–Trinajstić information content (AvgIpc) is 2.37. The van der Waals surface area contributed by atoms with E-state index in [4.69, 9.17) is 15.2 Å². The summed E-state index contributed by atoms with van der Waals surface area (Å²) in [6.45, 7) is 1.47. The van der Waals surface area contributed by atoms with E-state index in [0.29, 0.717) is 5.92 Å². The summed E-state index contributed by atoms with van der Waals surface area (Å²) >= 11 is 0. The number of nitrogens with two attached hydrogens (primary N) is 1. The molecule has 18 heavy (non-hydrogen) atoms. The van der Waals surface area contributed by atoms with Crippen LogP contribution in [0.2, 0.25) is 0 Å². The molecule has 0 bridgehead atoms. The van der Waals surface area contributed by atoms with Crippen molar-refractivity contribution in [2.75, 3.05) is 13.2 Å². The van der Waals surface area contributed by atoms with Gasteiger partial charge in [-0.15, -0.1) is 0 Å². The molecule has 3 rings (SSSR count). The smallest absolute Gasteiger partial charge is 0.105 e. The Morgan fingerprint density at radius 1 is 1.11 bits per heavy atom. The third-order valence-electron chi connectivity index (χ3n) is 4.09. The molecular weight excluding hydrogens is 226 g/mol. The van der Waals surface area contributed by atoms with Gasteiger partial charge in [-0.1, -0.05) is 30.3 Å². The van der Waals surface area contributed by atoms with Gasteiger partial charge in [-0.25, -0.2) is 0 Å². The topological polar surface area (TPSA) is 44.5 Å². The number of rotatable bonds is 3. The van der Waals surface area contributed by atoms with Gasteiger partial charge in [0.05, 0.1) is 19.3 Å². The van der Waals surface area contributed by atoms with Crippen LogP contribution in [0.25, 0.3) is 0 Å². The van der Waals surface area contributed by atoms with E-state index in [1.807, 2.05) is 0 Å². The van der Waals surface area contributed by atoms with Gasteiger partial charge < -0.3 is 15.2 Å². The van der Waals surface area contributed by atoms with Gasteiger partial charge in [0.25, 0.3) is 0 Å². The van der Waals surface area contributed by atoms with E-state index in [2.05, 4.69) is 30.3 Å². The fourth-order valence-electron chi connectivity index (χ4n) is 2.88. The summed E-state index contributed by atoms with van der Waals surface area (Å²) in [6, 6.07) is 10.9. The lowest BCUT2D eigenvalue weighted by Gasteiger charge is -2.38. The molecule has 1 saturated heterocycles. The summed E-state index contributed by atoms with van der Waals surface area (Å²) < 4.78 is 11.2. The Morgan fingerprint density at radius 2 is 1.89 bits per heavy atom. The maximum atomic E-state index is 6.18. The molecule has 0 aromatic heterocycles. The second-order valence-electron chi connectivity index (χ2n) is 5.42. The highest BCUT2D eigenvalue weighted by molar-refractivity contribution is 5.20. The summed E-state index contributed by atoms with van der Waals surface area (Å²) in [5.41, 5.74) is 7.60. The fraction of sp³-hybridized carbons (Fsp3) is 0.600. The lowest BCUT2D eigenvalue weighted by molar-refractivity contribution is -0.164. The molecule has 3 heteroatoms. The molecule has 0 spiro atoms. The Bertz CT molecular complexity index is 377. The Labute approximate surface area is 108 Å². The van der Waals surface area contributed by atoms with Crippen LogP contribution in [0.3, 0.4) is 0 Å². The molecular formula is C15H21NO2. The van der Waals surface area contributed by atoms with Gasteiger partial charge in [-0.05, 0) is 30.7 Å². The third-order valence-corrected chi connectivity index (χ3v) is 4.09. The zero-order chi connectivity index (χ0) is 12.4. The van der Waals surface area contributed by atoms with Gasteiger partial charge >= 0.3 is 0 Å². The molecule has 3 atom stereocenters. The van der Waals surface area contributed by atoms with Crippen molar-refractivity contribution in [1.29, 1.82) is 0 Å². The van der Waals surface area contributed by atoms with Gasteiger partial charge in [0.2, 0.25) is 0 Å². The maximum Gasteiger partial charge on any atom is 0.105 e. The number of benzene rings is 1. The van der Waals surface area contributed by atoms with Crippen molar-refractivity contribution in [1.82, 2.24) is 0 Å². The van der Waals surface area contributed by atoms with Crippen LogP contribution >= 0.6 is 0 Å². The Kier molecular flexibility index (Phi) is 3.64. The van der Waals surface area contributed by atoms with E-state index in [1.54, 1.807) is 0 Å². The van der Waals surface area contributed by atoms with Crippen molar-refractivity contribution in [3.05, 3.63) is 35.9 Å². The lowest BCUT2D eigenvalue weighted by Crippen LogP contribution is -2.47. The maximum absolute atomic E-state index is 6.18. The normalized spacial score (nSPS) is 33.1. The van der Waals surface area contributed by atoms with E-state index >= 15 is 0 Å². The molecule has 98 valence electrons. The van der Waals surface area contributed by atoms with Crippen LogP contribution in [0.5, 0.6) is 0 Å². The van der Waals surface area contributed by atoms with E-state index in [1.165, 1.54) is 12.0 Å². The third kappa shape index (κ3) is 2.58. The average molecular weight is 247 g/mol. The molecule has 2 N–H and O–H groups in total. The van der Waals surface area contributed by atoms with Crippen molar-refractivity contribution in [3.8, 4) is 0 Å². The summed E-state index contributed by atoms with van der Waals surface area (Å²) in [5, 5.41) is 0. The van der Waals surface area contributed by atoms with Crippen molar-refractivity contribution < 1.29 is 9.47 Å². The molecule has 3 unspecified atom stereocenters. The first-order valence-corrected chi connectivity index (χ1v) is 6.86. The van der Waals surface area contributed by atoms with Gasteiger partial charge in [-0.2, -0.15) is 0 Å². The van der Waals surface area contributed by atoms with E-state index in [-0.39, 0.29) is 18.2 Å². The molecule has 0 radical (unpaired) electrons. The number of hydrogen-bond acceptors (Lipinski definition) is 3. The van der Waals surface area contributed by atoms with E-state index < -0.39 is 0 Å². The van der Waals surface area contributed by atoms with Crippen LogP contribution in [0.4, 0.5) is 0 Å². The first-order chi connectivity index (χ1) is 8.83. The second kappa shape index (κ2) is 5.39. The predicted octanol–water partition coefficient (Wildman–Crippen LogP) is 2.07. The molecule has 1 aliphatic heterocycles. The van der Waals surface area contributed by atoms with Gasteiger partial charge in [0, 0.05) is 6.04 Å². The molecule has 2 fully saturated rings. The zero-order valence-corrected chi connectivity index (χ0v) is 10.6. The summed E-state index contributed by atoms with van der Waals surface area (Å²) in [7, 11) is 0. The highest BCUT2D eigenvalue weighted by Gasteiger charge is 2.33.